The summed E-state index contributed by atoms with van der Waals surface area (Å²) in [7, 11) is 1.56. The summed E-state index contributed by atoms with van der Waals surface area (Å²) in [6.45, 7) is 0. The maximum atomic E-state index is 12.4. The van der Waals surface area contributed by atoms with Crippen molar-refractivity contribution in [2.75, 3.05) is 12.4 Å². The molecule has 5 nitrogen and oxygen atoms in total. The molecule has 1 aliphatic carbocycles. The van der Waals surface area contributed by atoms with E-state index in [-0.39, 0.29) is 30.3 Å². The molecule has 0 spiro atoms. The molecular weight excluding hydrogens is 349 g/mol. The third-order valence-electron chi connectivity index (χ3n) is 4.89. The Labute approximate surface area is 153 Å². The summed E-state index contributed by atoms with van der Waals surface area (Å²) in [4.78, 5) is 24.1. The molecule has 1 aliphatic heterocycles. The van der Waals surface area contributed by atoms with Gasteiger partial charge in [0, 0.05) is 18.8 Å². The minimum atomic E-state index is -0.241. The fraction of sp³-hybridized carbons (Fsp3) is 0.529. The van der Waals surface area contributed by atoms with Crippen LogP contribution in [0.5, 0.6) is 0 Å². The van der Waals surface area contributed by atoms with Crippen LogP contribution in [0.25, 0.3) is 0 Å². The zero-order valence-electron chi connectivity index (χ0n) is 13.6. The molecule has 0 bridgehead atoms. The molecule has 3 unspecified atom stereocenters. The Balaban J connectivity index is 0.00000208. The van der Waals surface area contributed by atoms with Crippen LogP contribution in [0.2, 0.25) is 5.02 Å². The molecule has 24 heavy (non-hydrogen) atoms. The number of hydrogen-bond donors (Lipinski definition) is 3. The third-order valence-corrected chi connectivity index (χ3v) is 5.20. The number of amides is 2. The van der Waals surface area contributed by atoms with Gasteiger partial charge in [-0.3, -0.25) is 9.59 Å². The average molecular weight is 372 g/mol. The topological polar surface area (TPSA) is 70.2 Å². The van der Waals surface area contributed by atoms with Gasteiger partial charge < -0.3 is 16.0 Å². The Bertz CT molecular complexity index is 610. The van der Waals surface area contributed by atoms with E-state index in [1.165, 1.54) is 25.7 Å². The Morgan fingerprint density at radius 3 is 2.67 bits per heavy atom. The van der Waals surface area contributed by atoms with Gasteiger partial charge in [-0.1, -0.05) is 24.4 Å². The summed E-state index contributed by atoms with van der Waals surface area (Å²) in [5.41, 5.74) is 1.02. The predicted octanol–water partition coefficient (Wildman–Crippen LogP) is 2.98. The van der Waals surface area contributed by atoms with E-state index in [1.807, 2.05) is 0 Å². The highest BCUT2D eigenvalue weighted by molar-refractivity contribution is 6.34. The standard InChI is InChI=1S/C17H22ClN3O2.ClH/c1-19-16(22)12-7-6-11(9-13(12)18)20-17(23)15-8-10-4-2-3-5-14(10)21-15;/h6-7,9-10,14-15,21H,2-5,8H2,1H3,(H,19,22)(H,20,23);1H. The number of carbonyl (C=O) groups excluding carboxylic acids is 2. The lowest BCUT2D eigenvalue weighted by molar-refractivity contribution is -0.117. The molecule has 0 aromatic heterocycles. The minimum Gasteiger partial charge on any atom is -0.355 e. The van der Waals surface area contributed by atoms with Gasteiger partial charge in [0.1, 0.15) is 0 Å². The summed E-state index contributed by atoms with van der Waals surface area (Å²) in [6.07, 6.45) is 5.81. The third kappa shape index (κ3) is 4.02. The van der Waals surface area contributed by atoms with E-state index in [0.717, 1.165) is 6.42 Å². The Morgan fingerprint density at radius 1 is 1.25 bits per heavy atom. The summed E-state index contributed by atoms with van der Waals surface area (Å²) in [5, 5.41) is 9.22. The largest absolute Gasteiger partial charge is 0.355 e. The Hall–Kier alpha value is -1.30. The molecule has 132 valence electrons. The van der Waals surface area contributed by atoms with Crippen molar-refractivity contribution in [1.82, 2.24) is 10.6 Å². The van der Waals surface area contributed by atoms with E-state index in [0.29, 0.717) is 28.2 Å². The number of anilines is 1. The number of rotatable bonds is 3. The fourth-order valence-electron chi connectivity index (χ4n) is 3.66. The number of hydrogen-bond acceptors (Lipinski definition) is 3. The number of benzene rings is 1. The fourth-order valence-corrected chi connectivity index (χ4v) is 3.93. The van der Waals surface area contributed by atoms with E-state index in [4.69, 9.17) is 11.6 Å². The molecule has 3 atom stereocenters. The lowest BCUT2D eigenvalue weighted by Crippen LogP contribution is -2.39. The van der Waals surface area contributed by atoms with Crippen molar-refractivity contribution in [2.45, 2.75) is 44.2 Å². The van der Waals surface area contributed by atoms with Gasteiger partial charge in [-0.2, -0.15) is 0 Å². The van der Waals surface area contributed by atoms with Crippen molar-refractivity contribution in [3.05, 3.63) is 28.8 Å². The Morgan fingerprint density at radius 2 is 2.00 bits per heavy atom. The summed E-state index contributed by atoms with van der Waals surface area (Å²) in [5.74, 6) is 0.358. The van der Waals surface area contributed by atoms with Gasteiger partial charge in [-0.15, -0.1) is 12.4 Å². The monoisotopic (exact) mass is 371 g/mol. The molecule has 1 heterocycles. The second-order valence-corrected chi connectivity index (χ2v) is 6.78. The van der Waals surface area contributed by atoms with Crippen LogP contribution < -0.4 is 16.0 Å². The van der Waals surface area contributed by atoms with E-state index in [9.17, 15) is 9.59 Å². The highest BCUT2D eigenvalue weighted by atomic mass is 35.5. The normalized spacial score (nSPS) is 25.3. The van der Waals surface area contributed by atoms with Crippen LogP contribution in [0.1, 0.15) is 42.5 Å². The molecule has 3 rings (SSSR count). The van der Waals surface area contributed by atoms with Crippen LogP contribution in [-0.4, -0.2) is 30.9 Å². The van der Waals surface area contributed by atoms with Crippen LogP contribution in [-0.2, 0) is 4.79 Å². The van der Waals surface area contributed by atoms with Crippen molar-refractivity contribution in [2.24, 2.45) is 5.92 Å². The van der Waals surface area contributed by atoms with Crippen molar-refractivity contribution in [3.8, 4) is 0 Å². The first-order valence-electron chi connectivity index (χ1n) is 8.17. The summed E-state index contributed by atoms with van der Waals surface area (Å²) < 4.78 is 0. The van der Waals surface area contributed by atoms with Crippen LogP contribution >= 0.6 is 24.0 Å². The zero-order chi connectivity index (χ0) is 16.4. The first-order valence-corrected chi connectivity index (χ1v) is 8.55. The van der Waals surface area contributed by atoms with E-state index in [1.54, 1.807) is 25.2 Å². The van der Waals surface area contributed by atoms with Crippen LogP contribution in [0.4, 0.5) is 5.69 Å². The first kappa shape index (κ1) is 19.0. The SMILES string of the molecule is CNC(=O)c1ccc(NC(=O)C2CC3CCCCC3N2)cc1Cl.Cl. The molecule has 1 saturated heterocycles. The van der Waals surface area contributed by atoms with Crippen molar-refractivity contribution < 1.29 is 9.59 Å². The summed E-state index contributed by atoms with van der Waals surface area (Å²) in [6, 6.07) is 5.29. The van der Waals surface area contributed by atoms with E-state index >= 15 is 0 Å². The lowest BCUT2D eigenvalue weighted by atomic mass is 9.85. The second-order valence-electron chi connectivity index (χ2n) is 6.37. The van der Waals surface area contributed by atoms with Crippen LogP contribution in [0.15, 0.2) is 18.2 Å². The highest BCUT2D eigenvalue weighted by Crippen LogP contribution is 2.33. The predicted molar refractivity (Wildman–Crippen MR) is 98.0 cm³/mol. The maximum absolute atomic E-state index is 12.4. The highest BCUT2D eigenvalue weighted by Gasteiger charge is 2.38. The molecule has 2 aliphatic rings. The van der Waals surface area contributed by atoms with Gasteiger partial charge in [0.15, 0.2) is 0 Å². The maximum Gasteiger partial charge on any atom is 0.252 e. The number of halogens is 2. The van der Waals surface area contributed by atoms with Gasteiger partial charge in [-0.25, -0.2) is 0 Å². The van der Waals surface area contributed by atoms with Gasteiger partial charge in [-0.05, 0) is 43.4 Å². The molecule has 1 aromatic carbocycles. The molecule has 3 N–H and O–H groups in total. The van der Waals surface area contributed by atoms with E-state index in [2.05, 4.69) is 16.0 Å². The number of nitrogens with one attached hydrogen (secondary N) is 3. The number of carbonyl (C=O) groups is 2. The lowest BCUT2D eigenvalue weighted by Gasteiger charge is -2.24. The van der Waals surface area contributed by atoms with E-state index < -0.39 is 0 Å². The average Bonchev–Trinajstić information content (AvgIpc) is 2.98. The zero-order valence-corrected chi connectivity index (χ0v) is 15.2. The number of fused-ring (bicyclic) bond motifs is 1. The molecule has 2 amide bonds. The molecule has 7 heteroatoms. The van der Waals surface area contributed by atoms with Crippen LogP contribution in [0, 0.1) is 5.92 Å². The molecule has 0 radical (unpaired) electrons. The Kier molecular flexibility index (Phi) is 6.49. The minimum absolute atomic E-state index is 0. The quantitative estimate of drug-likeness (QED) is 0.764. The van der Waals surface area contributed by atoms with Crippen molar-refractivity contribution in [3.63, 3.8) is 0 Å². The van der Waals surface area contributed by atoms with Gasteiger partial charge in [0.2, 0.25) is 5.91 Å². The van der Waals surface area contributed by atoms with Gasteiger partial charge in [0.05, 0.1) is 16.6 Å². The molecular formula is C17H23Cl2N3O2. The van der Waals surface area contributed by atoms with Gasteiger partial charge >= 0.3 is 0 Å². The second kappa shape index (κ2) is 8.19. The molecule has 1 aromatic rings. The van der Waals surface area contributed by atoms with Crippen LogP contribution in [0.3, 0.4) is 0 Å². The van der Waals surface area contributed by atoms with Crippen molar-refractivity contribution >= 4 is 41.5 Å². The van der Waals surface area contributed by atoms with Crippen molar-refractivity contribution in [1.29, 1.82) is 0 Å². The first-order chi connectivity index (χ1) is 11.1. The molecule has 2 fully saturated rings. The molecule has 1 saturated carbocycles. The summed E-state index contributed by atoms with van der Waals surface area (Å²) >= 11 is 6.12. The van der Waals surface area contributed by atoms with Gasteiger partial charge in [0.25, 0.3) is 5.91 Å². The smallest absolute Gasteiger partial charge is 0.252 e.